The van der Waals surface area contributed by atoms with E-state index in [1.807, 2.05) is 12.1 Å². The summed E-state index contributed by atoms with van der Waals surface area (Å²) in [5.41, 5.74) is 1.18. The molecule has 0 fully saturated rings. The van der Waals surface area contributed by atoms with Crippen LogP contribution >= 0.6 is 54.8 Å². The maximum atomic E-state index is 6.20. The molecule has 5 heteroatoms. The number of hydrogen-bond acceptors (Lipinski definition) is 2. The molecular formula is C14H14Br2ClNS. The van der Waals surface area contributed by atoms with Crippen molar-refractivity contribution in [1.29, 1.82) is 0 Å². The SMILES string of the molecule is CCNC(c1ccc(Br)c(Cl)c1)c1cc(Br)c(C)s1. The smallest absolute Gasteiger partial charge is 0.0672 e. The van der Waals surface area contributed by atoms with Crippen molar-refractivity contribution in [2.45, 2.75) is 19.9 Å². The molecule has 1 N–H and O–H groups in total. The highest BCUT2D eigenvalue weighted by Crippen LogP contribution is 2.35. The van der Waals surface area contributed by atoms with Gasteiger partial charge in [0.25, 0.3) is 0 Å². The molecule has 1 aromatic carbocycles. The van der Waals surface area contributed by atoms with Gasteiger partial charge >= 0.3 is 0 Å². The molecule has 0 aliphatic carbocycles. The minimum Gasteiger partial charge on any atom is -0.306 e. The summed E-state index contributed by atoms with van der Waals surface area (Å²) in [5, 5.41) is 4.26. The van der Waals surface area contributed by atoms with E-state index < -0.39 is 0 Å². The number of hydrogen-bond donors (Lipinski definition) is 1. The quantitative estimate of drug-likeness (QED) is 0.642. The lowest BCUT2D eigenvalue weighted by molar-refractivity contribution is 0.639. The summed E-state index contributed by atoms with van der Waals surface area (Å²) in [6.07, 6.45) is 0. The maximum absolute atomic E-state index is 6.20. The van der Waals surface area contributed by atoms with Gasteiger partial charge < -0.3 is 5.32 Å². The first kappa shape index (κ1) is 15.5. The zero-order valence-corrected chi connectivity index (χ0v) is 15.4. The van der Waals surface area contributed by atoms with Gasteiger partial charge in [-0.2, -0.15) is 0 Å². The Morgan fingerprint density at radius 2 is 2.00 bits per heavy atom. The van der Waals surface area contributed by atoms with Crippen molar-refractivity contribution in [3.8, 4) is 0 Å². The Balaban J connectivity index is 2.41. The van der Waals surface area contributed by atoms with Crippen LogP contribution in [0, 0.1) is 6.92 Å². The molecule has 0 saturated carbocycles. The van der Waals surface area contributed by atoms with Crippen LogP contribution < -0.4 is 5.32 Å². The first-order valence-electron chi connectivity index (χ1n) is 5.97. The zero-order valence-electron chi connectivity index (χ0n) is 10.6. The summed E-state index contributed by atoms with van der Waals surface area (Å²) >= 11 is 15.0. The van der Waals surface area contributed by atoms with E-state index in [0.29, 0.717) is 0 Å². The molecule has 0 radical (unpaired) electrons. The topological polar surface area (TPSA) is 12.0 Å². The molecule has 1 atom stereocenters. The largest absolute Gasteiger partial charge is 0.306 e. The third-order valence-electron chi connectivity index (χ3n) is 2.85. The normalized spacial score (nSPS) is 12.7. The molecule has 0 bridgehead atoms. The molecule has 0 spiro atoms. The van der Waals surface area contributed by atoms with Crippen LogP contribution in [-0.2, 0) is 0 Å². The highest BCUT2D eigenvalue weighted by atomic mass is 79.9. The van der Waals surface area contributed by atoms with Crippen LogP contribution in [0.25, 0.3) is 0 Å². The molecule has 0 saturated heterocycles. The Morgan fingerprint density at radius 3 is 2.53 bits per heavy atom. The Kier molecular flexibility index (Phi) is 5.49. The van der Waals surface area contributed by atoms with Gasteiger partial charge in [-0.05, 0) is 69.1 Å². The van der Waals surface area contributed by atoms with Crippen molar-refractivity contribution in [3.05, 3.63) is 53.6 Å². The maximum Gasteiger partial charge on any atom is 0.0672 e. The van der Waals surface area contributed by atoms with Crippen LogP contribution in [0.15, 0.2) is 33.2 Å². The van der Waals surface area contributed by atoms with E-state index in [1.54, 1.807) is 11.3 Å². The standard InChI is InChI=1S/C14H14Br2ClNS/c1-3-18-14(13-7-11(16)8(2)19-13)9-4-5-10(15)12(17)6-9/h4-7,14,18H,3H2,1-2H3. The van der Waals surface area contributed by atoms with Crippen molar-refractivity contribution in [2.75, 3.05) is 6.54 Å². The van der Waals surface area contributed by atoms with Crippen molar-refractivity contribution >= 4 is 54.8 Å². The molecule has 1 unspecified atom stereocenters. The average molecular weight is 424 g/mol. The first-order valence-corrected chi connectivity index (χ1v) is 8.75. The third kappa shape index (κ3) is 3.61. The second-order valence-electron chi connectivity index (χ2n) is 4.22. The molecule has 0 amide bonds. The minimum atomic E-state index is 0.186. The van der Waals surface area contributed by atoms with Crippen LogP contribution in [0.3, 0.4) is 0 Å². The minimum absolute atomic E-state index is 0.186. The third-order valence-corrected chi connectivity index (χ3v) is 6.28. The molecule has 1 nitrogen and oxygen atoms in total. The van der Waals surface area contributed by atoms with E-state index in [-0.39, 0.29) is 6.04 Å². The summed E-state index contributed by atoms with van der Waals surface area (Å²) < 4.78 is 2.09. The van der Waals surface area contributed by atoms with E-state index in [2.05, 4.69) is 63.2 Å². The Bertz CT molecular complexity index is 563. The van der Waals surface area contributed by atoms with Crippen LogP contribution in [0.1, 0.15) is 28.3 Å². The Hall–Kier alpha value is 0.130. The van der Waals surface area contributed by atoms with Gasteiger partial charge in [-0.25, -0.2) is 0 Å². The van der Waals surface area contributed by atoms with Gasteiger partial charge in [0.05, 0.1) is 11.1 Å². The Morgan fingerprint density at radius 1 is 1.26 bits per heavy atom. The second kappa shape index (κ2) is 6.72. The van der Waals surface area contributed by atoms with E-state index in [9.17, 15) is 0 Å². The molecule has 1 aromatic heterocycles. The lowest BCUT2D eigenvalue weighted by atomic mass is 10.1. The van der Waals surface area contributed by atoms with Gasteiger partial charge in [0.1, 0.15) is 0 Å². The molecule has 2 rings (SSSR count). The lowest BCUT2D eigenvalue weighted by Crippen LogP contribution is -2.21. The van der Waals surface area contributed by atoms with Crippen LogP contribution in [-0.4, -0.2) is 6.54 Å². The van der Waals surface area contributed by atoms with Crippen molar-refractivity contribution in [2.24, 2.45) is 0 Å². The van der Waals surface area contributed by atoms with Crippen LogP contribution in [0.5, 0.6) is 0 Å². The molecule has 0 aliphatic rings. The number of benzene rings is 1. The molecule has 2 aromatic rings. The van der Waals surface area contributed by atoms with Crippen LogP contribution in [0.2, 0.25) is 5.02 Å². The molecule has 19 heavy (non-hydrogen) atoms. The fraction of sp³-hybridized carbons (Fsp3) is 0.286. The fourth-order valence-corrected chi connectivity index (χ4v) is 4.00. The van der Waals surface area contributed by atoms with Crippen molar-refractivity contribution < 1.29 is 0 Å². The van der Waals surface area contributed by atoms with Gasteiger partial charge in [-0.3, -0.25) is 0 Å². The van der Waals surface area contributed by atoms with Crippen molar-refractivity contribution in [3.63, 3.8) is 0 Å². The highest BCUT2D eigenvalue weighted by Gasteiger charge is 2.17. The summed E-state index contributed by atoms with van der Waals surface area (Å²) in [7, 11) is 0. The predicted molar refractivity (Wildman–Crippen MR) is 91.4 cm³/mol. The van der Waals surface area contributed by atoms with Gasteiger partial charge in [0, 0.05) is 18.7 Å². The first-order chi connectivity index (χ1) is 9.02. The molecule has 102 valence electrons. The summed E-state index contributed by atoms with van der Waals surface area (Å²) in [4.78, 5) is 2.59. The fourth-order valence-electron chi connectivity index (χ4n) is 1.90. The van der Waals surface area contributed by atoms with E-state index >= 15 is 0 Å². The molecule has 1 heterocycles. The number of aryl methyl sites for hydroxylation is 1. The Labute approximate surface area is 139 Å². The summed E-state index contributed by atoms with van der Waals surface area (Å²) in [5.74, 6) is 0. The van der Waals surface area contributed by atoms with E-state index in [1.165, 1.54) is 19.8 Å². The predicted octanol–water partition coefficient (Wildman–Crippen LogP) is 5.93. The number of nitrogens with one attached hydrogen (secondary N) is 1. The second-order valence-corrected chi connectivity index (χ2v) is 7.62. The van der Waals surface area contributed by atoms with Gasteiger partial charge in [0.15, 0.2) is 0 Å². The molecular weight excluding hydrogens is 409 g/mol. The lowest BCUT2D eigenvalue weighted by Gasteiger charge is -2.17. The summed E-state index contributed by atoms with van der Waals surface area (Å²) in [6, 6.07) is 8.49. The van der Waals surface area contributed by atoms with E-state index in [0.717, 1.165) is 16.0 Å². The number of thiophene rings is 1. The highest BCUT2D eigenvalue weighted by molar-refractivity contribution is 9.10. The van der Waals surface area contributed by atoms with Gasteiger partial charge in [-0.1, -0.05) is 24.6 Å². The van der Waals surface area contributed by atoms with Gasteiger partial charge in [-0.15, -0.1) is 11.3 Å². The van der Waals surface area contributed by atoms with Crippen molar-refractivity contribution in [1.82, 2.24) is 5.32 Å². The average Bonchev–Trinajstić information content (AvgIpc) is 2.70. The zero-order chi connectivity index (χ0) is 14.0. The number of halogens is 3. The number of rotatable bonds is 4. The molecule has 0 aliphatic heterocycles. The van der Waals surface area contributed by atoms with Crippen LogP contribution in [0.4, 0.5) is 0 Å². The summed E-state index contributed by atoms with van der Waals surface area (Å²) in [6.45, 7) is 5.14. The van der Waals surface area contributed by atoms with Gasteiger partial charge in [0.2, 0.25) is 0 Å². The van der Waals surface area contributed by atoms with E-state index in [4.69, 9.17) is 11.6 Å². The monoisotopic (exact) mass is 421 g/mol.